The van der Waals surface area contributed by atoms with Crippen LogP contribution >= 0.6 is 11.6 Å². The lowest BCUT2D eigenvalue weighted by molar-refractivity contribution is -0.119. The average molecular weight is 264 g/mol. The number of nitrogens with one attached hydrogen (secondary N) is 1. The van der Waals surface area contributed by atoms with Crippen molar-refractivity contribution in [2.45, 2.75) is 19.9 Å². The second kappa shape index (κ2) is 5.23. The zero-order valence-electron chi connectivity index (χ0n) is 10.2. The molecule has 1 amide bonds. The van der Waals surface area contributed by atoms with Crippen LogP contribution < -0.4 is 5.32 Å². The monoisotopic (exact) mass is 263 g/mol. The molecular weight excluding hydrogens is 250 g/mol. The normalized spacial score (nSPS) is 12.2. The topological polar surface area (TPSA) is 46.9 Å². The molecule has 1 aromatic heterocycles. The van der Waals surface area contributed by atoms with Gasteiger partial charge in [0, 0.05) is 23.1 Å². The summed E-state index contributed by atoms with van der Waals surface area (Å²) in [5.74, 6) is -0.107. The summed E-state index contributed by atoms with van der Waals surface area (Å²) in [6.45, 7) is 3.70. The lowest BCUT2D eigenvalue weighted by Gasteiger charge is -2.14. The number of nitrogens with zero attached hydrogens (tertiary/aromatic N) is 2. The van der Waals surface area contributed by atoms with Crippen molar-refractivity contribution >= 4 is 23.2 Å². The van der Waals surface area contributed by atoms with Crippen LogP contribution in [0.25, 0.3) is 0 Å². The van der Waals surface area contributed by atoms with Gasteiger partial charge in [0.1, 0.15) is 6.04 Å². The quantitative estimate of drug-likeness (QED) is 0.925. The number of carbonyl (C=O) groups excluding carboxylic acids is 1. The van der Waals surface area contributed by atoms with Gasteiger partial charge in [0.25, 0.3) is 0 Å². The summed E-state index contributed by atoms with van der Waals surface area (Å²) in [4.78, 5) is 12.0. The Morgan fingerprint density at radius 3 is 2.89 bits per heavy atom. The van der Waals surface area contributed by atoms with Gasteiger partial charge in [-0.2, -0.15) is 5.10 Å². The average Bonchev–Trinajstić information content (AvgIpc) is 2.85. The van der Waals surface area contributed by atoms with E-state index in [2.05, 4.69) is 10.4 Å². The van der Waals surface area contributed by atoms with Crippen LogP contribution in [0.2, 0.25) is 5.02 Å². The standard InChI is InChI=1S/C13H14ClN3O/c1-9-8-11(14)4-5-12(9)16-13(18)10(2)17-7-3-6-15-17/h3-8,10H,1-2H3,(H,16,18). The number of hydrogen-bond donors (Lipinski definition) is 1. The minimum Gasteiger partial charge on any atom is -0.324 e. The van der Waals surface area contributed by atoms with Crippen molar-refractivity contribution in [2.75, 3.05) is 5.32 Å². The van der Waals surface area contributed by atoms with Gasteiger partial charge in [-0.25, -0.2) is 0 Å². The Balaban J connectivity index is 2.12. The van der Waals surface area contributed by atoms with Crippen LogP contribution in [0.1, 0.15) is 18.5 Å². The van der Waals surface area contributed by atoms with E-state index in [4.69, 9.17) is 11.6 Å². The SMILES string of the molecule is Cc1cc(Cl)ccc1NC(=O)C(C)n1cccn1. The number of aromatic nitrogens is 2. The van der Waals surface area contributed by atoms with Gasteiger partial charge in [0.05, 0.1) is 0 Å². The van der Waals surface area contributed by atoms with Crippen molar-refractivity contribution in [1.29, 1.82) is 0 Å². The summed E-state index contributed by atoms with van der Waals surface area (Å²) < 4.78 is 1.61. The second-order valence-corrected chi connectivity index (χ2v) is 4.55. The molecule has 1 heterocycles. The molecule has 0 aliphatic rings. The molecule has 94 valence electrons. The Morgan fingerprint density at radius 2 is 2.28 bits per heavy atom. The van der Waals surface area contributed by atoms with E-state index in [1.54, 1.807) is 42.2 Å². The van der Waals surface area contributed by atoms with E-state index in [1.165, 1.54) is 0 Å². The molecule has 0 spiro atoms. The minimum atomic E-state index is -0.352. The Kier molecular flexibility index (Phi) is 3.67. The van der Waals surface area contributed by atoms with Gasteiger partial charge >= 0.3 is 0 Å². The molecule has 1 atom stereocenters. The Labute approximate surface area is 111 Å². The zero-order valence-corrected chi connectivity index (χ0v) is 11.0. The molecule has 4 nitrogen and oxygen atoms in total. The van der Waals surface area contributed by atoms with Crippen LogP contribution in [0.5, 0.6) is 0 Å². The van der Waals surface area contributed by atoms with E-state index in [0.717, 1.165) is 11.3 Å². The van der Waals surface area contributed by atoms with E-state index in [1.807, 2.05) is 13.0 Å². The molecule has 0 bridgehead atoms. The Hall–Kier alpha value is -1.81. The maximum Gasteiger partial charge on any atom is 0.248 e. The molecule has 0 aliphatic carbocycles. The molecule has 5 heteroatoms. The number of benzene rings is 1. The molecule has 0 saturated heterocycles. The third kappa shape index (κ3) is 2.71. The summed E-state index contributed by atoms with van der Waals surface area (Å²) in [5.41, 5.74) is 1.70. The Morgan fingerprint density at radius 1 is 1.50 bits per heavy atom. The maximum atomic E-state index is 12.0. The number of aryl methyl sites for hydroxylation is 1. The molecule has 0 fully saturated rings. The highest BCUT2D eigenvalue weighted by atomic mass is 35.5. The van der Waals surface area contributed by atoms with Gasteiger partial charge in [0.15, 0.2) is 0 Å². The summed E-state index contributed by atoms with van der Waals surface area (Å²) in [7, 11) is 0. The maximum absolute atomic E-state index is 12.0. The fourth-order valence-electron chi connectivity index (χ4n) is 1.63. The number of hydrogen-bond acceptors (Lipinski definition) is 2. The van der Waals surface area contributed by atoms with E-state index in [0.29, 0.717) is 5.02 Å². The first-order valence-corrected chi connectivity index (χ1v) is 6.02. The predicted molar refractivity (Wildman–Crippen MR) is 71.8 cm³/mol. The number of anilines is 1. The number of amides is 1. The molecule has 1 unspecified atom stereocenters. The minimum absolute atomic E-state index is 0.107. The van der Waals surface area contributed by atoms with E-state index in [9.17, 15) is 4.79 Å². The van der Waals surface area contributed by atoms with Gasteiger partial charge in [-0.05, 0) is 43.7 Å². The molecule has 1 aromatic carbocycles. The van der Waals surface area contributed by atoms with Crippen molar-refractivity contribution < 1.29 is 4.79 Å². The third-order valence-corrected chi connectivity index (χ3v) is 2.98. The van der Waals surface area contributed by atoms with Gasteiger partial charge < -0.3 is 5.32 Å². The van der Waals surface area contributed by atoms with Crippen LogP contribution in [-0.4, -0.2) is 15.7 Å². The van der Waals surface area contributed by atoms with Crippen molar-refractivity contribution in [3.63, 3.8) is 0 Å². The van der Waals surface area contributed by atoms with Gasteiger partial charge in [-0.3, -0.25) is 9.48 Å². The molecule has 18 heavy (non-hydrogen) atoms. The molecule has 0 radical (unpaired) electrons. The van der Waals surface area contributed by atoms with Crippen LogP contribution in [-0.2, 0) is 4.79 Å². The van der Waals surface area contributed by atoms with E-state index in [-0.39, 0.29) is 11.9 Å². The van der Waals surface area contributed by atoms with Crippen molar-refractivity contribution in [3.05, 3.63) is 47.2 Å². The molecule has 2 aromatic rings. The molecular formula is C13H14ClN3O. The number of carbonyl (C=O) groups is 1. The lowest BCUT2D eigenvalue weighted by atomic mass is 10.2. The highest BCUT2D eigenvalue weighted by Crippen LogP contribution is 2.20. The largest absolute Gasteiger partial charge is 0.324 e. The van der Waals surface area contributed by atoms with E-state index >= 15 is 0 Å². The van der Waals surface area contributed by atoms with Gasteiger partial charge in [0.2, 0.25) is 5.91 Å². The number of rotatable bonds is 3. The van der Waals surface area contributed by atoms with Crippen LogP contribution in [0, 0.1) is 6.92 Å². The van der Waals surface area contributed by atoms with Crippen LogP contribution in [0.4, 0.5) is 5.69 Å². The molecule has 1 N–H and O–H groups in total. The second-order valence-electron chi connectivity index (χ2n) is 4.11. The molecule has 0 aliphatic heterocycles. The molecule has 0 saturated carbocycles. The summed E-state index contributed by atoms with van der Waals surface area (Å²) in [6, 6.07) is 6.80. The first-order valence-electron chi connectivity index (χ1n) is 5.64. The highest BCUT2D eigenvalue weighted by molar-refractivity contribution is 6.30. The smallest absolute Gasteiger partial charge is 0.248 e. The fourth-order valence-corrected chi connectivity index (χ4v) is 1.86. The lowest BCUT2D eigenvalue weighted by Crippen LogP contribution is -2.24. The Bertz CT molecular complexity index is 551. The zero-order chi connectivity index (χ0) is 13.1. The highest BCUT2D eigenvalue weighted by Gasteiger charge is 2.15. The predicted octanol–water partition coefficient (Wildman–Crippen LogP) is 3.04. The first kappa shape index (κ1) is 12.6. The summed E-state index contributed by atoms with van der Waals surface area (Å²) in [6.07, 6.45) is 3.41. The number of halogens is 1. The van der Waals surface area contributed by atoms with Gasteiger partial charge in [-0.15, -0.1) is 0 Å². The van der Waals surface area contributed by atoms with Crippen LogP contribution in [0.15, 0.2) is 36.7 Å². The molecule has 2 rings (SSSR count). The van der Waals surface area contributed by atoms with Crippen molar-refractivity contribution in [3.8, 4) is 0 Å². The van der Waals surface area contributed by atoms with Gasteiger partial charge in [-0.1, -0.05) is 11.6 Å². The fraction of sp³-hybridized carbons (Fsp3) is 0.231. The first-order chi connectivity index (χ1) is 8.58. The van der Waals surface area contributed by atoms with Crippen LogP contribution in [0.3, 0.4) is 0 Å². The summed E-state index contributed by atoms with van der Waals surface area (Å²) >= 11 is 5.87. The third-order valence-electron chi connectivity index (χ3n) is 2.75. The van der Waals surface area contributed by atoms with Crippen molar-refractivity contribution in [2.24, 2.45) is 0 Å². The summed E-state index contributed by atoms with van der Waals surface area (Å²) in [5, 5.41) is 7.58. The van der Waals surface area contributed by atoms with Crippen molar-refractivity contribution in [1.82, 2.24) is 9.78 Å². The van der Waals surface area contributed by atoms with E-state index < -0.39 is 0 Å².